The van der Waals surface area contributed by atoms with Gasteiger partial charge in [-0.25, -0.2) is 0 Å². The lowest BCUT2D eigenvalue weighted by Crippen LogP contribution is -2.48. The SMILES string of the molecule is COC(=O)CN1CCN(CCc2c[nH]c3cccc(OC)c23)CC1. The molecule has 2 aromatic rings. The summed E-state index contributed by atoms with van der Waals surface area (Å²) in [4.78, 5) is 19.3. The lowest BCUT2D eigenvalue weighted by atomic mass is 10.1. The standard InChI is InChI=1S/C18H25N3O3/c1-23-16-5-3-4-15-18(16)14(12-19-15)6-7-20-8-10-21(11-9-20)13-17(22)24-2/h3-5,12,19H,6-11,13H2,1-2H3. The summed E-state index contributed by atoms with van der Waals surface area (Å²) in [5.41, 5.74) is 2.41. The van der Waals surface area contributed by atoms with Crippen molar-refractivity contribution in [3.05, 3.63) is 30.0 Å². The number of carbonyl (C=O) groups excluding carboxylic acids is 1. The van der Waals surface area contributed by atoms with Gasteiger partial charge in [0, 0.05) is 49.8 Å². The molecule has 0 radical (unpaired) electrons. The van der Waals surface area contributed by atoms with Crippen LogP contribution >= 0.6 is 0 Å². The van der Waals surface area contributed by atoms with Gasteiger partial charge in [-0.05, 0) is 24.1 Å². The summed E-state index contributed by atoms with van der Waals surface area (Å²) in [5, 5.41) is 1.18. The molecular weight excluding hydrogens is 306 g/mol. The number of nitrogens with one attached hydrogen (secondary N) is 1. The molecule has 1 aliphatic heterocycles. The predicted molar refractivity (Wildman–Crippen MR) is 93.5 cm³/mol. The molecule has 0 amide bonds. The molecule has 0 bridgehead atoms. The van der Waals surface area contributed by atoms with Gasteiger partial charge in [-0.3, -0.25) is 9.69 Å². The van der Waals surface area contributed by atoms with E-state index in [-0.39, 0.29) is 5.97 Å². The second kappa shape index (κ2) is 7.68. The number of fused-ring (bicyclic) bond motifs is 1. The normalized spacial score (nSPS) is 16.4. The molecule has 3 rings (SSSR count). The topological polar surface area (TPSA) is 57.8 Å². The first-order valence-corrected chi connectivity index (χ1v) is 8.35. The minimum atomic E-state index is -0.158. The molecule has 24 heavy (non-hydrogen) atoms. The molecule has 0 saturated carbocycles. The van der Waals surface area contributed by atoms with Crippen LogP contribution in [0, 0.1) is 0 Å². The average Bonchev–Trinajstić information content (AvgIpc) is 3.04. The minimum absolute atomic E-state index is 0.158. The first-order chi connectivity index (χ1) is 11.7. The number of aromatic amines is 1. The molecule has 0 spiro atoms. The number of piperazine rings is 1. The number of benzene rings is 1. The van der Waals surface area contributed by atoms with Crippen LogP contribution in [0.5, 0.6) is 5.75 Å². The van der Waals surface area contributed by atoms with Gasteiger partial charge in [0.05, 0.1) is 20.8 Å². The maximum atomic E-state index is 11.3. The minimum Gasteiger partial charge on any atom is -0.496 e. The Hall–Kier alpha value is -2.05. The van der Waals surface area contributed by atoms with Gasteiger partial charge in [0.25, 0.3) is 0 Å². The van der Waals surface area contributed by atoms with Crippen LogP contribution in [-0.2, 0) is 16.0 Å². The number of ether oxygens (including phenoxy) is 2. The molecule has 1 saturated heterocycles. The molecule has 6 nitrogen and oxygen atoms in total. The summed E-state index contributed by atoms with van der Waals surface area (Å²) in [7, 11) is 3.15. The smallest absolute Gasteiger partial charge is 0.319 e. The zero-order valence-corrected chi connectivity index (χ0v) is 14.4. The Labute approximate surface area is 142 Å². The highest BCUT2D eigenvalue weighted by Gasteiger charge is 2.19. The number of hydrogen-bond donors (Lipinski definition) is 1. The van der Waals surface area contributed by atoms with Crippen LogP contribution in [0.25, 0.3) is 10.9 Å². The van der Waals surface area contributed by atoms with Crippen molar-refractivity contribution in [3.8, 4) is 5.75 Å². The highest BCUT2D eigenvalue weighted by Crippen LogP contribution is 2.28. The third-order valence-electron chi connectivity index (χ3n) is 4.71. The summed E-state index contributed by atoms with van der Waals surface area (Å²) in [5.74, 6) is 0.765. The van der Waals surface area contributed by atoms with Gasteiger partial charge in [0.15, 0.2) is 0 Å². The van der Waals surface area contributed by atoms with Crippen molar-refractivity contribution in [3.63, 3.8) is 0 Å². The Morgan fingerprint density at radius 3 is 2.62 bits per heavy atom. The van der Waals surface area contributed by atoms with Gasteiger partial charge in [-0.1, -0.05) is 6.07 Å². The Balaban J connectivity index is 1.55. The Morgan fingerprint density at radius 1 is 1.17 bits per heavy atom. The van der Waals surface area contributed by atoms with E-state index in [2.05, 4.69) is 27.0 Å². The summed E-state index contributed by atoms with van der Waals surface area (Å²) in [6.45, 7) is 5.19. The quantitative estimate of drug-likeness (QED) is 0.813. The molecule has 1 fully saturated rings. The first kappa shape index (κ1) is 16.8. The number of hydrogen-bond acceptors (Lipinski definition) is 5. The zero-order chi connectivity index (χ0) is 16.9. The summed E-state index contributed by atoms with van der Waals surface area (Å²) in [6.07, 6.45) is 3.07. The first-order valence-electron chi connectivity index (χ1n) is 8.35. The lowest BCUT2D eigenvalue weighted by molar-refractivity contribution is -0.142. The Bertz CT molecular complexity index is 690. The zero-order valence-electron chi connectivity index (χ0n) is 14.4. The molecule has 1 aromatic heterocycles. The number of esters is 1. The van der Waals surface area contributed by atoms with Crippen LogP contribution in [0.3, 0.4) is 0 Å². The van der Waals surface area contributed by atoms with Crippen molar-refractivity contribution in [2.75, 3.05) is 53.5 Å². The summed E-state index contributed by atoms with van der Waals surface area (Å²) < 4.78 is 10.2. The van der Waals surface area contributed by atoms with Gasteiger partial charge >= 0.3 is 5.97 Å². The van der Waals surface area contributed by atoms with E-state index in [0.717, 1.165) is 50.4 Å². The van der Waals surface area contributed by atoms with Crippen molar-refractivity contribution >= 4 is 16.9 Å². The van der Waals surface area contributed by atoms with Gasteiger partial charge in [-0.2, -0.15) is 0 Å². The fourth-order valence-corrected chi connectivity index (χ4v) is 3.28. The molecule has 6 heteroatoms. The van der Waals surface area contributed by atoms with E-state index in [1.807, 2.05) is 12.1 Å². The Morgan fingerprint density at radius 2 is 1.92 bits per heavy atom. The van der Waals surface area contributed by atoms with Crippen LogP contribution in [0.1, 0.15) is 5.56 Å². The lowest BCUT2D eigenvalue weighted by Gasteiger charge is -2.33. The van der Waals surface area contributed by atoms with Crippen molar-refractivity contribution in [2.45, 2.75) is 6.42 Å². The largest absolute Gasteiger partial charge is 0.496 e. The molecule has 1 aromatic carbocycles. The molecule has 0 aliphatic carbocycles. The number of carbonyl (C=O) groups is 1. The number of methoxy groups -OCH3 is 2. The van der Waals surface area contributed by atoms with E-state index < -0.39 is 0 Å². The van der Waals surface area contributed by atoms with Crippen LogP contribution in [0.4, 0.5) is 0 Å². The van der Waals surface area contributed by atoms with Crippen LogP contribution in [-0.4, -0.2) is 74.2 Å². The van der Waals surface area contributed by atoms with Gasteiger partial charge in [-0.15, -0.1) is 0 Å². The van der Waals surface area contributed by atoms with Gasteiger partial charge in [0.1, 0.15) is 5.75 Å². The molecule has 2 heterocycles. The van der Waals surface area contributed by atoms with E-state index >= 15 is 0 Å². The number of aromatic nitrogens is 1. The third kappa shape index (κ3) is 3.71. The number of H-pyrrole nitrogens is 1. The molecule has 0 unspecified atom stereocenters. The second-order valence-corrected chi connectivity index (χ2v) is 6.14. The molecule has 0 atom stereocenters. The Kier molecular flexibility index (Phi) is 5.37. The van der Waals surface area contributed by atoms with Gasteiger partial charge < -0.3 is 19.4 Å². The van der Waals surface area contributed by atoms with Crippen LogP contribution in [0.15, 0.2) is 24.4 Å². The second-order valence-electron chi connectivity index (χ2n) is 6.14. The van der Waals surface area contributed by atoms with E-state index in [0.29, 0.717) is 6.54 Å². The monoisotopic (exact) mass is 331 g/mol. The fourth-order valence-electron chi connectivity index (χ4n) is 3.28. The van der Waals surface area contributed by atoms with Crippen molar-refractivity contribution < 1.29 is 14.3 Å². The average molecular weight is 331 g/mol. The number of rotatable bonds is 6. The third-order valence-corrected chi connectivity index (χ3v) is 4.71. The molecule has 1 N–H and O–H groups in total. The molecule has 130 valence electrons. The van der Waals surface area contributed by atoms with E-state index in [4.69, 9.17) is 9.47 Å². The highest BCUT2D eigenvalue weighted by molar-refractivity contribution is 5.89. The summed E-state index contributed by atoms with van der Waals surface area (Å²) >= 11 is 0. The number of nitrogens with zero attached hydrogens (tertiary/aromatic N) is 2. The van der Waals surface area contributed by atoms with E-state index in [1.54, 1.807) is 7.11 Å². The maximum absolute atomic E-state index is 11.3. The van der Waals surface area contributed by atoms with Crippen molar-refractivity contribution in [2.24, 2.45) is 0 Å². The molecular formula is C18H25N3O3. The van der Waals surface area contributed by atoms with Crippen molar-refractivity contribution in [1.82, 2.24) is 14.8 Å². The highest BCUT2D eigenvalue weighted by atomic mass is 16.5. The van der Waals surface area contributed by atoms with E-state index in [1.165, 1.54) is 18.1 Å². The fraction of sp³-hybridized carbons (Fsp3) is 0.500. The van der Waals surface area contributed by atoms with Crippen LogP contribution in [0.2, 0.25) is 0 Å². The molecule has 1 aliphatic rings. The van der Waals surface area contributed by atoms with Crippen LogP contribution < -0.4 is 4.74 Å². The summed E-state index contributed by atoms with van der Waals surface area (Å²) in [6, 6.07) is 6.08. The van der Waals surface area contributed by atoms with Crippen molar-refractivity contribution in [1.29, 1.82) is 0 Å². The predicted octanol–water partition coefficient (Wildman–Crippen LogP) is 1.51. The van der Waals surface area contributed by atoms with E-state index in [9.17, 15) is 4.79 Å². The van der Waals surface area contributed by atoms with Gasteiger partial charge in [0.2, 0.25) is 0 Å². The maximum Gasteiger partial charge on any atom is 0.319 e.